The molecule has 0 fully saturated rings. The van der Waals surface area contributed by atoms with Gasteiger partial charge < -0.3 is 5.11 Å². The highest BCUT2D eigenvalue weighted by Gasteiger charge is 2.01. The van der Waals surface area contributed by atoms with Crippen LogP contribution in [0.5, 0.6) is 0 Å². The molecule has 0 unspecified atom stereocenters. The van der Waals surface area contributed by atoms with Crippen molar-refractivity contribution in [3.8, 4) is 0 Å². The SMILES string of the molecule is [N-]=[N+]=Nc1cc(Cl)cc(NC(=O)O)c1. The molecule has 1 rings (SSSR count). The molecule has 1 aromatic carbocycles. The maximum absolute atomic E-state index is 10.3. The van der Waals surface area contributed by atoms with Crippen LogP contribution in [0.3, 0.4) is 0 Å². The summed E-state index contributed by atoms with van der Waals surface area (Å²) in [5.74, 6) is 0. The van der Waals surface area contributed by atoms with Crippen molar-refractivity contribution >= 4 is 29.1 Å². The summed E-state index contributed by atoms with van der Waals surface area (Å²) in [7, 11) is 0. The van der Waals surface area contributed by atoms with Crippen molar-refractivity contribution in [2.45, 2.75) is 0 Å². The molecule has 0 radical (unpaired) electrons. The van der Waals surface area contributed by atoms with Crippen LogP contribution in [0.25, 0.3) is 10.4 Å². The Kier molecular flexibility index (Phi) is 3.17. The predicted molar refractivity (Wildman–Crippen MR) is 51.9 cm³/mol. The van der Waals surface area contributed by atoms with Crippen LogP contribution >= 0.6 is 11.6 Å². The minimum Gasteiger partial charge on any atom is -0.465 e. The minimum atomic E-state index is -1.21. The number of anilines is 1. The Balaban J connectivity index is 3.06. The van der Waals surface area contributed by atoms with Crippen molar-refractivity contribution in [1.82, 2.24) is 0 Å². The number of carbonyl (C=O) groups is 1. The summed E-state index contributed by atoms with van der Waals surface area (Å²) in [5.41, 5.74) is 8.67. The lowest BCUT2D eigenvalue weighted by molar-refractivity contribution is 0.210. The van der Waals surface area contributed by atoms with E-state index < -0.39 is 6.09 Å². The van der Waals surface area contributed by atoms with Gasteiger partial charge in [-0.15, -0.1) is 0 Å². The first-order valence-electron chi connectivity index (χ1n) is 3.47. The van der Waals surface area contributed by atoms with Crippen molar-refractivity contribution in [2.24, 2.45) is 5.11 Å². The van der Waals surface area contributed by atoms with E-state index in [-0.39, 0.29) is 11.4 Å². The monoisotopic (exact) mass is 212 g/mol. The molecule has 14 heavy (non-hydrogen) atoms. The van der Waals surface area contributed by atoms with Crippen LogP contribution in [-0.4, -0.2) is 11.2 Å². The number of hydrogen-bond donors (Lipinski definition) is 2. The van der Waals surface area contributed by atoms with Crippen LogP contribution in [0.2, 0.25) is 5.02 Å². The van der Waals surface area contributed by atoms with Crippen molar-refractivity contribution in [3.63, 3.8) is 0 Å². The van der Waals surface area contributed by atoms with Gasteiger partial charge in [-0.25, -0.2) is 4.79 Å². The molecule has 0 aromatic heterocycles. The van der Waals surface area contributed by atoms with Gasteiger partial charge in [-0.05, 0) is 23.7 Å². The molecule has 1 aromatic rings. The molecule has 0 saturated heterocycles. The number of hydrogen-bond acceptors (Lipinski definition) is 2. The number of nitrogens with zero attached hydrogens (tertiary/aromatic N) is 3. The topological polar surface area (TPSA) is 98.1 Å². The zero-order valence-corrected chi connectivity index (χ0v) is 7.56. The largest absolute Gasteiger partial charge is 0.465 e. The Morgan fingerprint density at radius 2 is 2.29 bits per heavy atom. The summed E-state index contributed by atoms with van der Waals surface area (Å²) < 4.78 is 0. The van der Waals surface area contributed by atoms with E-state index in [2.05, 4.69) is 15.3 Å². The van der Waals surface area contributed by atoms with Gasteiger partial charge in [0.25, 0.3) is 0 Å². The van der Waals surface area contributed by atoms with Crippen LogP contribution in [-0.2, 0) is 0 Å². The molecule has 7 heteroatoms. The molecule has 0 spiro atoms. The van der Waals surface area contributed by atoms with Crippen LogP contribution in [0.1, 0.15) is 0 Å². The first kappa shape index (κ1) is 10.2. The third-order valence-electron chi connectivity index (χ3n) is 1.29. The highest BCUT2D eigenvalue weighted by atomic mass is 35.5. The molecule has 0 aliphatic heterocycles. The number of rotatable bonds is 2. The lowest BCUT2D eigenvalue weighted by Crippen LogP contribution is -2.06. The van der Waals surface area contributed by atoms with Crippen LogP contribution in [0.15, 0.2) is 23.3 Å². The van der Waals surface area contributed by atoms with Gasteiger partial charge >= 0.3 is 6.09 Å². The summed E-state index contributed by atoms with van der Waals surface area (Å²) >= 11 is 5.65. The molecule has 0 saturated carbocycles. The smallest absolute Gasteiger partial charge is 0.409 e. The molecule has 6 nitrogen and oxygen atoms in total. The maximum atomic E-state index is 10.3. The van der Waals surface area contributed by atoms with Gasteiger partial charge in [-0.1, -0.05) is 16.7 Å². The fraction of sp³-hybridized carbons (Fsp3) is 0. The van der Waals surface area contributed by atoms with Gasteiger partial charge in [-0.2, -0.15) is 0 Å². The number of azide groups is 1. The average Bonchev–Trinajstić information content (AvgIpc) is 2.01. The molecule has 0 atom stereocenters. The third kappa shape index (κ3) is 2.85. The van der Waals surface area contributed by atoms with E-state index in [4.69, 9.17) is 22.2 Å². The Labute approximate surface area is 83.7 Å². The number of benzene rings is 1. The molecule has 72 valence electrons. The fourth-order valence-electron chi connectivity index (χ4n) is 0.879. The first-order chi connectivity index (χ1) is 6.61. The lowest BCUT2D eigenvalue weighted by atomic mass is 10.3. The number of amides is 1. The summed E-state index contributed by atoms with van der Waals surface area (Å²) in [5, 5.41) is 14.1. The number of halogens is 1. The second-order valence-corrected chi connectivity index (χ2v) is 2.75. The molecular weight excluding hydrogens is 208 g/mol. The van der Waals surface area contributed by atoms with E-state index in [1.807, 2.05) is 0 Å². The molecule has 0 bridgehead atoms. The van der Waals surface area contributed by atoms with Crippen LogP contribution in [0.4, 0.5) is 16.2 Å². The van der Waals surface area contributed by atoms with E-state index >= 15 is 0 Å². The van der Waals surface area contributed by atoms with E-state index in [0.717, 1.165) is 0 Å². The van der Waals surface area contributed by atoms with Gasteiger partial charge in [0, 0.05) is 21.3 Å². The minimum absolute atomic E-state index is 0.253. The quantitative estimate of drug-likeness (QED) is 0.446. The van der Waals surface area contributed by atoms with Gasteiger partial charge in [0.1, 0.15) is 0 Å². The summed E-state index contributed by atoms with van der Waals surface area (Å²) in [4.78, 5) is 12.9. The highest BCUT2D eigenvalue weighted by molar-refractivity contribution is 6.31. The van der Waals surface area contributed by atoms with E-state index in [0.29, 0.717) is 5.02 Å². The van der Waals surface area contributed by atoms with Gasteiger partial charge in [0.05, 0.1) is 0 Å². The van der Waals surface area contributed by atoms with Crippen LogP contribution < -0.4 is 5.32 Å². The average molecular weight is 213 g/mol. The molecule has 0 aliphatic carbocycles. The Morgan fingerprint density at radius 1 is 1.57 bits per heavy atom. The summed E-state index contributed by atoms with van der Waals surface area (Å²) in [6.45, 7) is 0. The zero-order valence-electron chi connectivity index (χ0n) is 6.81. The second kappa shape index (κ2) is 4.36. The zero-order chi connectivity index (χ0) is 10.6. The molecular formula is C7H5ClN4O2. The standard InChI is InChI=1S/C7H5ClN4O2/c8-4-1-5(10-7(13)14)3-6(2-4)11-12-9/h1-3,10H,(H,13,14). The van der Waals surface area contributed by atoms with E-state index in [1.54, 1.807) is 0 Å². The number of nitrogens with one attached hydrogen (secondary N) is 1. The van der Waals surface area contributed by atoms with Crippen LogP contribution in [0, 0.1) is 0 Å². The van der Waals surface area contributed by atoms with Crippen molar-refractivity contribution in [1.29, 1.82) is 0 Å². The van der Waals surface area contributed by atoms with E-state index in [9.17, 15) is 4.79 Å². The molecule has 2 N–H and O–H groups in total. The number of carboxylic acid groups (broad SMARTS) is 1. The second-order valence-electron chi connectivity index (χ2n) is 2.32. The molecule has 0 aliphatic rings. The normalized spacial score (nSPS) is 8.93. The third-order valence-corrected chi connectivity index (χ3v) is 1.51. The van der Waals surface area contributed by atoms with Gasteiger partial charge in [0.2, 0.25) is 0 Å². The lowest BCUT2D eigenvalue weighted by Gasteiger charge is -2.02. The fourth-order valence-corrected chi connectivity index (χ4v) is 1.11. The van der Waals surface area contributed by atoms with E-state index in [1.165, 1.54) is 18.2 Å². The molecule has 0 heterocycles. The summed E-state index contributed by atoms with van der Waals surface area (Å²) in [6.07, 6.45) is -1.21. The van der Waals surface area contributed by atoms with Gasteiger partial charge in [0.15, 0.2) is 0 Å². The summed E-state index contributed by atoms with van der Waals surface area (Å²) in [6, 6.07) is 4.21. The van der Waals surface area contributed by atoms with Crippen molar-refractivity contribution in [3.05, 3.63) is 33.7 Å². The van der Waals surface area contributed by atoms with Crippen molar-refractivity contribution in [2.75, 3.05) is 5.32 Å². The van der Waals surface area contributed by atoms with Gasteiger partial charge in [-0.3, -0.25) is 5.32 Å². The predicted octanol–water partition coefficient (Wildman–Crippen LogP) is 3.37. The first-order valence-corrected chi connectivity index (χ1v) is 3.85. The maximum Gasteiger partial charge on any atom is 0.409 e. The highest BCUT2D eigenvalue weighted by Crippen LogP contribution is 2.24. The Morgan fingerprint density at radius 3 is 2.86 bits per heavy atom. The Hall–Kier alpha value is -1.91. The Bertz CT molecular complexity index is 414. The molecule has 1 amide bonds. The van der Waals surface area contributed by atoms with Crippen molar-refractivity contribution < 1.29 is 9.90 Å².